The molecule has 13 heavy (non-hydrogen) atoms. The van der Waals surface area contributed by atoms with E-state index in [-0.39, 0.29) is 18.2 Å². The van der Waals surface area contributed by atoms with Gasteiger partial charge in [-0.25, -0.2) is 0 Å². The third-order valence-electron chi connectivity index (χ3n) is 3.08. The summed E-state index contributed by atoms with van der Waals surface area (Å²) in [4.78, 5) is 2.36. The van der Waals surface area contributed by atoms with Crippen molar-refractivity contribution in [3.63, 3.8) is 0 Å². The van der Waals surface area contributed by atoms with E-state index in [9.17, 15) is 5.11 Å². The van der Waals surface area contributed by atoms with Crippen LogP contribution in [0.15, 0.2) is 0 Å². The number of hydrogen-bond donors (Lipinski definition) is 1. The number of rotatable bonds is 3. The second-order valence-corrected chi connectivity index (χ2v) is 4.27. The van der Waals surface area contributed by atoms with Gasteiger partial charge in [0.1, 0.15) is 0 Å². The van der Waals surface area contributed by atoms with Gasteiger partial charge < -0.3 is 9.84 Å². The fourth-order valence-electron chi connectivity index (χ4n) is 1.81. The highest BCUT2D eigenvalue weighted by Gasteiger charge is 2.32. The Morgan fingerprint density at radius 1 is 1.54 bits per heavy atom. The highest BCUT2D eigenvalue weighted by molar-refractivity contribution is 4.87. The van der Waals surface area contributed by atoms with Gasteiger partial charge in [0.05, 0.1) is 25.9 Å². The Hall–Kier alpha value is -0.120. The van der Waals surface area contributed by atoms with E-state index in [1.54, 1.807) is 0 Å². The summed E-state index contributed by atoms with van der Waals surface area (Å²) in [5.74, 6) is 0. The van der Waals surface area contributed by atoms with Gasteiger partial charge in [-0.2, -0.15) is 0 Å². The molecule has 0 aromatic carbocycles. The van der Waals surface area contributed by atoms with Crippen LogP contribution in [0.4, 0.5) is 0 Å². The van der Waals surface area contributed by atoms with Crippen molar-refractivity contribution in [3.8, 4) is 0 Å². The van der Waals surface area contributed by atoms with Crippen molar-refractivity contribution in [2.45, 2.75) is 38.8 Å². The minimum atomic E-state index is 0.178. The maximum absolute atomic E-state index is 9.20. The Labute approximate surface area is 80.7 Å². The largest absolute Gasteiger partial charge is 0.395 e. The molecule has 0 radical (unpaired) electrons. The molecule has 0 aromatic heterocycles. The summed E-state index contributed by atoms with van der Waals surface area (Å²) in [5.41, 5.74) is 0.178. The average Bonchev–Trinajstić information content (AvgIpc) is 2.18. The predicted octanol–water partition coefficient (Wildman–Crippen LogP) is 0.868. The van der Waals surface area contributed by atoms with Crippen LogP contribution >= 0.6 is 0 Å². The Kier molecular flexibility index (Phi) is 3.71. The quantitative estimate of drug-likeness (QED) is 0.711. The van der Waals surface area contributed by atoms with Crippen LogP contribution in [0, 0.1) is 0 Å². The van der Waals surface area contributed by atoms with Crippen LogP contribution in [0.2, 0.25) is 0 Å². The van der Waals surface area contributed by atoms with Crippen LogP contribution in [-0.2, 0) is 4.74 Å². The van der Waals surface area contributed by atoms with Crippen molar-refractivity contribution in [1.29, 1.82) is 0 Å². The van der Waals surface area contributed by atoms with Crippen molar-refractivity contribution in [1.82, 2.24) is 4.90 Å². The van der Waals surface area contributed by atoms with E-state index >= 15 is 0 Å². The van der Waals surface area contributed by atoms with E-state index in [0.717, 1.165) is 19.6 Å². The first-order valence-corrected chi connectivity index (χ1v) is 5.07. The Bertz CT molecular complexity index is 159. The molecule has 1 unspecified atom stereocenters. The topological polar surface area (TPSA) is 32.7 Å². The summed E-state index contributed by atoms with van der Waals surface area (Å²) in [6, 6.07) is 0.184. The van der Waals surface area contributed by atoms with Gasteiger partial charge in [0.15, 0.2) is 0 Å². The SMILES string of the molecule is CCC(C)(C)N1CCOCC1CO. The Balaban J connectivity index is 2.63. The molecule has 1 aliphatic heterocycles. The summed E-state index contributed by atoms with van der Waals surface area (Å²) in [6.07, 6.45) is 1.10. The standard InChI is InChI=1S/C10H21NO2/c1-4-10(2,3)11-5-6-13-8-9(11)7-12/h9,12H,4-8H2,1-3H3. The maximum Gasteiger partial charge on any atom is 0.0645 e. The second-order valence-electron chi connectivity index (χ2n) is 4.27. The molecular formula is C10H21NO2. The molecule has 3 heteroatoms. The zero-order valence-corrected chi connectivity index (χ0v) is 8.92. The Morgan fingerprint density at radius 2 is 2.23 bits per heavy atom. The Morgan fingerprint density at radius 3 is 2.77 bits per heavy atom. The molecule has 0 saturated carbocycles. The fraction of sp³-hybridized carbons (Fsp3) is 1.00. The van der Waals surface area contributed by atoms with Gasteiger partial charge in [-0.3, -0.25) is 4.90 Å². The van der Waals surface area contributed by atoms with Gasteiger partial charge in [0.2, 0.25) is 0 Å². The van der Waals surface area contributed by atoms with Crippen molar-refractivity contribution >= 4 is 0 Å². The molecule has 1 atom stereocenters. The third kappa shape index (κ3) is 2.42. The van der Waals surface area contributed by atoms with Crippen LogP contribution in [-0.4, -0.2) is 48.0 Å². The first kappa shape index (κ1) is 11.0. The lowest BCUT2D eigenvalue weighted by atomic mass is 9.96. The molecule has 1 fully saturated rings. The molecule has 3 nitrogen and oxygen atoms in total. The number of hydrogen-bond acceptors (Lipinski definition) is 3. The lowest BCUT2D eigenvalue weighted by molar-refractivity contribution is -0.0715. The summed E-state index contributed by atoms with van der Waals surface area (Å²) < 4.78 is 5.34. The summed E-state index contributed by atoms with van der Waals surface area (Å²) in [6.45, 7) is 9.22. The highest BCUT2D eigenvalue weighted by atomic mass is 16.5. The van der Waals surface area contributed by atoms with Crippen molar-refractivity contribution in [2.24, 2.45) is 0 Å². The van der Waals surface area contributed by atoms with Crippen LogP contribution in [0.3, 0.4) is 0 Å². The summed E-state index contributed by atoms with van der Waals surface area (Å²) >= 11 is 0. The van der Waals surface area contributed by atoms with Gasteiger partial charge in [-0.05, 0) is 20.3 Å². The van der Waals surface area contributed by atoms with Crippen LogP contribution < -0.4 is 0 Å². The van der Waals surface area contributed by atoms with Gasteiger partial charge in [0.25, 0.3) is 0 Å². The first-order chi connectivity index (χ1) is 6.11. The molecule has 1 heterocycles. The summed E-state index contributed by atoms with van der Waals surface area (Å²) in [7, 11) is 0. The van der Waals surface area contributed by atoms with E-state index in [0.29, 0.717) is 6.61 Å². The third-order valence-corrected chi connectivity index (χ3v) is 3.08. The highest BCUT2D eigenvalue weighted by Crippen LogP contribution is 2.23. The molecule has 0 amide bonds. The van der Waals surface area contributed by atoms with Crippen molar-refractivity contribution < 1.29 is 9.84 Å². The molecule has 78 valence electrons. The second kappa shape index (κ2) is 4.40. The number of ether oxygens (including phenoxy) is 1. The first-order valence-electron chi connectivity index (χ1n) is 5.07. The zero-order chi connectivity index (χ0) is 9.90. The normalized spacial score (nSPS) is 26.3. The van der Waals surface area contributed by atoms with Gasteiger partial charge >= 0.3 is 0 Å². The molecule has 1 rings (SSSR count). The van der Waals surface area contributed by atoms with E-state index in [4.69, 9.17) is 4.74 Å². The molecule has 1 N–H and O–H groups in total. The van der Waals surface area contributed by atoms with Crippen molar-refractivity contribution in [3.05, 3.63) is 0 Å². The minimum Gasteiger partial charge on any atom is -0.395 e. The smallest absolute Gasteiger partial charge is 0.0645 e. The van der Waals surface area contributed by atoms with Gasteiger partial charge in [-0.1, -0.05) is 6.92 Å². The predicted molar refractivity (Wildman–Crippen MR) is 52.8 cm³/mol. The molecule has 1 saturated heterocycles. The zero-order valence-electron chi connectivity index (χ0n) is 8.92. The lowest BCUT2D eigenvalue weighted by Crippen LogP contribution is -2.56. The van der Waals surface area contributed by atoms with E-state index < -0.39 is 0 Å². The molecule has 0 bridgehead atoms. The van der Waals surface area contributed by atoms with Crippen LogP contribution in [0.1, 0.15) is 27.2 Å². The van der Waals surface area contributed by atoms with Gasteiger partial charge in [-0.15, -0.1) is 0 Å². The van der Waals surface area contributed by atoms with Crippen molar-refractivity contribution in [2.75, 3.05) is 26.4 Å². The van der Waals surface area contributed by atoms with E-state index in [1.807, 2.05) is 0 Å². The number of aliphatic hydroxyl groups excluding tert-OH is 1. The minimum absolute atomic E-state index is 0.178. The monoisotopic (exact) mass is 187 g/mol. The molecule has 1 aliphatic rings. The molecule has 0 aromatic rings. The number of nitrogens with zero attached hydrogens (tertiary/aromatic N) is 1. The summed E-state index contributed by atoms with van der Waals surface area (Å²) in [5, 5.41) is 9.20. The molecular weight excluding hydrogens is 166 g/mol. The maximum atomic E-state index is 9.20. The number of aliphatic hydroxyl groups is 1. The molecule has 0 spiro atoms. The lowest BCUT2D eigenvalue weighted by Gasteiger charge is -2.45. The molecule has 0 aliphatic carbocycles. The number of morpholine rings is 1. The average molecular weight is 187 g/mol. The van der Waals surface area contributed by atoms with E-state index in [2.05, 4.69) is 25.7 Å². The van der Waals surface area contributed by atoms with Crippen LogP contribution in [0.5, 0.6) is 0 Å². The fourth-order valence-corrected chi connectivity index (χ4v) is 1.81. The van der Waals surface area contributed by atoms with Gasteiger partial charge in [0, 0.05) is 12.1 Å². The van der Waals surface area contributed by atoms with E-state index in [1.165, 1.54) is 0 Å². The van der Waals surface area contributed by atoms with Crippen LogP contribution in [0.25, 0.3) is 0 Å².